The van der Waals surface area contributed by atoms with Crippen LogP contribution in [0.5, 0.6) is 0 Å². The average Bonchev–Trinajstić information content (AvgIpc) is 2.71. The molecule has 1 unspecified atom stereocenters. The highest BCUT2D eigenvalue weighted by Gasteiger charge is 2.49. The minimum absolute atomic E-state index is 0.202. The summed E-state index contributed by atoms with van der Waals surface area (Å²) in [7, 11) is 1.80. The molecule has 1 atom stereocenters. The summed E-state index contributed by atoms with van der Waals surface area (Å²) in [6.07, 6.45) is 4.14. The zero-order valence-corrected chi connectivity index (χ0v) is 10.4. The Morgan fingerprint density at radius 1 is 1.38 bits per heavy atom. The van der Waals surface area contributed by atoms with Crippen LogP contribution in [0.25, 0.3) is 0 Å². The van der Waals surface area contributed by atoms with E-state index in [1.807, 2.05) is 0 Å². The number of hydrogen-bond acceptors (Lipinski definition) is 4. The second kappa shape index (κ2) is 5.00. The number of rotatable bonds is 5. The fourth-order valence-electron chi connectivity index (χ4n) is 3.05. The third kappa shape index (κ3) is 2.12. The van der Waals surface area contributed by atoms with Crippen molar-refractivity contribution in [1.82, 2.24) is 4.90 Å². The van der Waals surface area contributed by atoms with Gasteiger partial charge >= 0.3 is 0 Å². The van der Waals surface area contributed by atoms with Gasteiger partial charge in [-0.1, -0.05) is 0 Å². The van der Waals surface area contributed by atoms with Crippen molar-refractivity contribution in [1.29, 1.82) is 0 Å². The van der Waals surface area contributed by atoms with Crippen LogP contribution in [0.4, 0.5) is 0 Å². The van der Waals surface area contributed by atoms with Crippen molar-refractivity contribution in [3.8, 4) is 0 Å². The first-order valence-electron chi connectivity index (χ1n) is 6.33. The third-order valence-corrected chi connectivity index (χ3v) is 4.15. The second-order valence-corrected chi connectivity index (χ2v) is 5.01. The largest absolute Gasteiger partial charge is 0.380 e. The zero-order chi connectivity index (χ0) is 11.6. The summed E-state index contributed by atoms with van der Waals surface area (Å²) in [5.41, 5.74) is 6.16. The molecule has 1 aliphatic carbocycles. The molecule has 2 rings (SSSR count). The van der Waals surface area contributed by atoms with Crippen LogP contribution in [0, 0.1) is 0 Å². The Morgan fingerprint density at radius 2 is 2.12 bits per heavy atom. The van der Waals surface area contributed by atoms with Crippen molar-refractivity contribution >= 4 is 0 Å². The number of ether oxygens (including phenoxy) is 2. The van der Waals surface area contributed by atoms with E-state index in [0.29, 0.717) is 12.2 Å². The van der Waals surface area contributed by atoms with Gasteiger partial charge in [-0.05, 0) is 26.2 Å². The maximum Gasteiger partial charge on any atom is 0.0710 e. The maximum atomic E-state index is 5.96. The van der Waals surface area contributed by atoms with Gasteiger partial charge in [0.25, 0.3) is 0 Å². The van der Waals surface area contributed by atoms with Gasteiger partial charge in [-0.2, -0.15) is 0 Å². The highest BCUT2D eigenvalue weighted by molar-refractivity contribution is 5.06. The predicted molar refractivity (Wildman–Crippen MR) is 63.4 cm³/mol. The summed E-state index contributed by atoms with van der Waals surface area (Å²) in [5.74, 6) is 0. The summed E-state index contributed by atoms with van der Waals surface area (Å²) < 4.78 is 11.0. The minimum atomic E-state index is 0.202. The molecule has 2 aliphatic rings. The van der Waals surface area contributed by atoms with Crippen molar-refractivity contribution in [2.45, 2.75) is 43.9 Å². The Bertz CT molecular complexity index is 229. The van der Waals surface area contributed by atoms with E-state index < -0.39 is 0 Å². The molecule has 2 N–H and O–H groups in total. The summed E-state index contributed by atoms with van der Waals surface area (Å²) in [6.45, 7) is 5.76. The minimum Gasteiger partial charge on any atom is -0.380 e. The summed E-state index contributed by atoms with van der Waals surface area (Å²) >= 11 is 0. The molecular formula is C12H24N2O2. The topological polar surface area (TPSA) is 47.7 Å². The molecule has 0 aromatic carbocycles. The molecule has 16 heavy (non-hydrogen) atoms. The average molecular weight is 228 g/mol. The van der Waals surface area contributed by atoms with Gasteiger partial charge in [-0.3, -0.25) is 4.90 Å². The van der Waals surface area contributed by atoms with Gasteiger partial charge in [0.2, 0.25) is 0 Å². The van der Waals surface area contributed by atoms with Gasteiger partial charge in [-0.15, -0.1) is 0 Å². The lowest BCUT2D eigenvalue weighted by atomic mass is 9.73. The van der Waals surface area contributed by atoms with Crippen LogP contribution < -0.4 is 5.73 Å². The van der Waals surface area contributed by atoms with E-state index in [0.717, 1.165) is 45.5 Å². The molecule has 0 radical (unpaired) electrons. The van der Waals surface area contributed by atoms with E-state index in [9.17, 15) is 0 Å². The fourth-order valence-corrected chi connectivity index (χ4v) is 3.05. The first-order valence-corrected chi connectivity index (χ1v) is 6.33. The first-order chi connectivity index (χ1) is 7.74. The standard InChI is InChI=1S/C12H24N2O2/c1-3-16-11-6-12(7-11,9-13)14-5-4-10(8-14)15-2/h10-11H,3-9,13H2,1-2H3. The normalized spacial score (nSPS) is 39.9. The molecule has 0 spiro atoms. The van der Waals surface area contributed by atoms with E-state index in [-0.39, 0.29) is 5.54 Å². The molecule has 1 heterocycles. The molecule has 1 saturated carbocycles. The number of methoxy groups -OCH3 is 1. The molecule has 4 heteroatoms. The van der Waals surface area contributed by atoms with Gasteiger partial charge in [0, 0.05) is 38.9 Å². The van der Waals surface area contributed by atoms with Gasteiger partial charge in [0.05, 0.1) is 12.2 Å². The number of nitrogens with zero attached hydrogens (tertiary/aromatic N) is 1. The van der Waals surface area contributed by atoms with E-state index >= 15 is 0 Å². The smallest absolute Gasteiger partial charge is 0.0710 e. The van der Waals surface area contributed by atoms with Crippen LogP contribution in [0.2, 0.25) is 0 Å². The van der Waals surface area contributed by atoms with Crippen molar-refractivity contribution < 1.29 is 9.47 Å². The van der Waals surface area contributed by atoms with Gasteiger partial charge < -0.3 is 15.2 Å². The fraction of sp³-hybridized carbons (Fsp3) is 1.00. The van der Waals surface area contributed by atoms with Gasteiger partial charge in [0.15, 0.2) is 0 Å². The van der Waals surface area contributed by atoms with Gasteiger partial charge in [0.1, 0.15) is 0 Å². The number of nitrogens with two attached hydrogens (primary N) is 1. The lowest BCUT2D eigenvalue weighted by molar-refractivity contribution is -0.0961. The Hall–Kier alpha value is -0.160. The maximum absolute atomic E-state index is 5.96. The molecule has 0 aromatic heterocycles. The van der Waals surface area contributed by atoms with Crippen molar-refractivity contribution in [2.75, 3.05) is 33.4 Å². The SMILES string of the molecule is CCOC1CC(CN)(N2CCC(OC)C2)C1. The summed E-state index contributed by atoms with van der Waals surface area (Å²) in [6, 6.07) is 0. The van der Waals surface area contributed by atoms with Gasteiger partial charge in [-0.25, -0.2) is 0 Å². The predicted octanol–water partition coefficient (Wildman–Crippen LogP) is 0.604. The first kappa shape index (κ1) is 12.3. The zero-order valence-electron chi connectivity index (χ0n) is 10.4. The lowest BCUT2D eigenvalue weighted by Crippen LogP contribution is -2.63. The van der Waals surface area contributed by atoms with Crippen LogP contribution in [0.15, 0.2) is 0 Å². The molecular weight excluding hydrogens is 204 g/mol. The molecule has 0 bridgehead atoms. The molecule has 2 fully saturated rings. The Labute approximate surface area is 98.1 Å². The van der Waals surface area contributed by atoms with Crippen LogP contribution in [0.3, 0.4) is 0 Å². The van der Waals surface area contributed by atoms with E-state index in [4.69, 9.17) is 15.2 Å². The lowest BCUT2D eigenvalue weighted by Gasteiger charge is -2.52. The van der Waals surface area contributed by atoms with Crippen LogP contribution in [0.1, 0.15) is 26.2 Å². The highest BCUT2D eigenvalue weighted by Crippen LogP contribution is 2.41. The van der Waals surface area contributed by atoms with E-state index in [2.05, 4.69) is 11.8 Å². The Balaban J connectivity index is 1.87. The second-order valence-electron chi connectivity index (χ2n) is 5.01. The summed E-state index contributed by atoms with van der Waals surface area (Å²) in [5, 5.41) is 0. The van der Waals surface area contributed by atoms with Crippen molar-refractivity contribution in [3.05, 3.63) is 0 Å². The Morgan fingerprint density at radius 3 is 2.62 bits per heavy atom. The van der Waals surface area contributed by atoms with E-state index in [1.165, 1.54) is 0 Å². The van der Waals surface area contributed by atoms with Crippen molar-refractivity contribution in [3.63, 3.8) is 0 Å². The van der Waals surface area contributed by atoms with Crippen LogP contribution >= 0.6 is 0 Å². The van der Waals surface area contributed by atoms with E-state index in [1.54, 1.807) is 7.11 Å². The molecule has 0 aromatic rings. The molecule has 1 saturated heterocycles. The number of likely N-dealkylation sites (tertiary alicyclic amines) is 1. The number of hydrogen-bond donors (Lipinski definition) is 1. The highest BCUT2D eigenvalue weighted by atomic mass is 16.5. The molecule has 4 nitrogen and oxygen atoms in total. The monoisotopic (exact) mass is 228 g/mol. The Kier molecular flexibility index (Phi) is 3.85. The third-order valence-electron chi connectivity index (χ3n) is 4.15. The molecule has 1 aliphatic heterocycles. The quantitative estimate of drug-likeness (QED) is 0.749. The van der Waals surface area contributed by atoms with Crippen molar-refractivity contribution in [2.24, 2.45) is 5.73 Å². The van der Waals surface area contributed by atoms with Crippen LogP contribution in [-0.4, -0.2) is 56.0 Å². The van der Waals surface area contributed by atoms with Crippen LogP contribution in [-0.2, 0) is 9.47 Å². The molecule has 94 valence electrons. The summed E-state index contributed by atoms with van der Waals surface area (Å²) in [4.78, 5) is 2.51. The molecule has 0 amide bonds.